The number of nitrogens with zero attached hydrogens (tertiary/aromatic N) is 2. The fourth-order valence-electron chi connectivity index (χ4n) is 1.66. The fraction of sp³-hybridized carbons (Fsp3) is 0.231. The van der Waals surface area contributed by atoms with Gasteiger partial charge in [-0.05, 0) is 34.5 Å². The molecule has 7 heteroatoms. The Hall–Kier alpha value is -1.14. The molecule has 0 radical (unpaired) electrons. The molecule has 0 saturated heterocycles. The molecule has 2 aromatic rings. The molecule has 1 aromatic carbocycles. The summed E-state index contributed by atoms with van der Waals surface area (Å²) >= 11 is 9.21. The van der Waals surface area contributed by atoms with Gasteiger partial charge in [0.25, 0.3) is 0 Å². The van der Waals surface area contributed by atoms with Gasteiger partial charge >= 0.3 is 6.18 Å². The zero-order valence-corrected chi connectivity index (χ0v) is 12.6. The Morgan fingerprint density at radius 2 is 1.95 bits per heavy atom. The second-order valence-electron chi connectivity index (χ2n) is 4.03. The lowest BCUT2D eigenvalue weighted by Crippen LogP contribution is -2.05. The molecule has 0 saturated carbocycles. The molecule has 2 nitrogen and oxygen atoms in total. The SMILES string of the molecule is CCc1nc(-c2cccc(C(F)(F)F)c2)nc(Cl)c1Br. The van der Waals surface area contributed by atoms with Gasteiger partial charge in [0.15, 0.2) is 5.82 Å². The number of aromatic nitrogens is 2. The van der Waals surface area contributed by atoms with Gasteiger partial charge in [-0.3, -0.25) is 0 Å². The van der Waals surface area contributed by atoms with Gasteiger partial charge < -0.3 is 0 Å². The van der Waals surface area contributed by atoms with Gasteiger partial charge in [-0.1, -0.05) is 30.7 Å². The Morgan fingerprint density at radius 3 is 2.55 bits per heavy atom. The highest BCUT2D eigenvalue weighted by molar-refractivity contribution is 9.10. The van der Waals surface area contributed by atoms with Crippen molar-refractivity contribution < 1.29 is 13.2 Å². The predicted molar refractivity (Wildman–Crippen MR) is 74.6 cm³/mol. The third kappa shape index (κ3) is 3.12. The van der Waals surface area contributed by atoms with E-state index in [4.69, 9.17) is 11.6 Å². The van der Waals surface area contributed by atoms with Gasteiger partial charge in [-0.25, -0.2) is 9.97 Å². The van der Waals surface area contributed by atoms with Crippen molar-refractivity contribution in [2.75, 3.05) is 0 Å². The van der Waals surface area contributed by atoms with E-state index in [1.54, 1.807) is 0 Å². The van der Waals surface area contributed by atoms with Gasteiger partial charge in [0.1, 0.15) is 5.15 Å². The molecule has 0 bridgehead atoms. The zero-order chi connectivity index (χ0) is 14.9. The molecular weight excluding hydrogens is 357 g/mol. The average Bonchev–Trinajstić information content (AvgIpc) is 2.41. The highest BCUT2D eigenvalue weighted by atomic mass is 79.9. The lowest BCUT2D eigenvalue weighted by Gasteiger charge is -2.10. The van der Waals surface area contributed by atoms with E-state index in [9.17, 15) is 13.2 Å². The maximum Gasteiger partial charge on any atom is 0.416 e. The fourth-order valence-corrected chi connectivity index (χ4v) is 2.31. The van der Waals surface area contributed by atoms with E-state index in [0.29, 0.717) is 16.6 Å². The van der Waals surface area contributed by atoms with Crippen LogP contribution in [0.2, 0.25) is 5.15 Å². The van der Waals surface area contributed by atoms with E-state index < -0.39 is 11.7 Å². The van der Waals surface area contributed by atoms with Gasteiger partial charge in [0.2, 0.25) is 0 Å². The number of rotatable bonds is 2. The lowest BCUT2D eigenvalue weighted by molar-refractivity contribution is -0.137. The number of alkyl halides is 3. The number of hydrogen-bond acceptors (Lipinski definition) is 2. The standard InChI is InChI=1S/C13H9BrClF3N2/c1-2-9-10(14)11(15)20-12(19-9)7-4-3-5-8(6-7)13(16,17)18/h3-6H,2H2,1H3. The summed E-state index contributed by atoms with van der Waals surface area (Å²) in [5.41, 5.74) is 0.192. The molecule has 0 atom stereocenters. The summed E-state index contributed by atoms with van der Waals surface area (Å²) in [5, 5.41) is 0.185. The number of hydrogen-bond donors (Lipinski definition) is 0. The molecular formula is C13H9BrClF3N2. The normalized spacial score (nSPS) is 11.7. The summed E-state index contributed by atoms with van der Waals surface area (Å²) in [4.78, 5) is 8.25. The highest BCUT2D eigenvalue weighted by Gasteiger charge is 2.30. The van der Waals surface area contributed by atoms with E-state index in [-0.39, 0.29) is 16.5 Å². The van der Waals surface area contributed by atoms with Crippen molar-refractivity contribution in [2.45, 2.75) is 19.5 Å². The predicted octanol–water partition coefficient (Wildman–Crippen LogP) is 5.14. The van der Waals surface area contributed by atoms with Gasteiger partial charge in [0, 0.05) is 5.56 Å². The number of aryl methyl sites for hydroxylation is 1. The van der Waals surface area contributed by atoms with Crippen LogP contribution in [0.5, 0.6) is 0 Å². The van der Waals surface area contributed by atoms with Crippen LogP contribution in [0.3, 0.4) is 0 Å². The molecule has 0 amide bonds. The summed E-state index contributed by atoms with van der Waals surface area (Å²) in [7, 11) is 0. The highest BCUT2D eigenvalue weighted by Crippen LogP contribution is 2.32. The number of benzene rings is 1. The van der Waals surface area contributed by atoms with Gasteiger partial charge in [-0.2, -0.15) is 13.2 Å². The Labute approximate surface area is 127 Å². The van der Waals surface area contributed by atoms with Crippen molar-refractivity contribution in [1.29, 1.82) is 0 Å². The maximum atomic E-state index is 12.7. The van der Waals surface area contributed by atoms with Crippen molar-refractivity contribution in [2.24, 2.45) is 0 Å². The Balaban J connectivity index is 2.55. The maximum absolute atomic E-state index is 12.7. The van der Waals surface area contributed by atoms with Crippen LogP contribution in [0.4, 0.5) is 13.2 Å². The summed E-state index contributed by atoms with van der Waals surface area (Å²) in [5.74, 6) is 0.182. The molecule has 0 N–H and O–H groups in total. The summed E-state index contributed by atoms with van der Waals surface area (Å²) < 4.78 is 38.7. The molecule has 0 fully saturated rings. The van der Waals surface area contributed by atoms with Gasteiger partial charge in [-0.15, -0.1) is 0 Å². The molecule has 106 valence electrons. The molecule has 0 aliphatic carbocycles. The smallest absolute Gasteiger partial charge is 0.232 e. The molecule has 20 heavy (non-hydrogen) atoms. The quantitative estimate of drug-likeness (QED) is 0.689. The summed E-state index contributed by atoms with van der Waals surface area (Å²) in [6.07, 6.45) is -3.81. The van der Waals surface area contributed by atoms with Crippen LogP contribution >= 0.6 is 27.5 Å². The van der Waals surface area contributed by atoms with Crippen LogP contribution in [0.25, 0.3) is 11.4 Å². The van der Waals surface area contributed by atoms with Crippen LogP contribution in [0.1, 0.15) is 18.2 Å². The second kappa shape index (κ2) is 5.69. The minimum absolute atomic E-state index is 0.182. The van der Waals surface area contributed by atoms with Crippen LogP contribution in [0.15, 0.2) is 28.7 Å². The van der Waals surface area contributed by atoms with Crippen molar-refractivity contribution in [3.8, 4) is 11.4 Å². The van der Waals surface area contributed by atoms with E-state index >= 15 is 0 Å². The second-order valence-corrected chi connectivity index (χ2v) is 5.18. The average molecular weight is 366 g/mol. The van der Waals surface area contributed by atoms with Crippen molar-refractivity contribution >= 4 is 27.5 Å². The lowest BCUT2D eigenvalue weighted by atomic mass is 10.1. The van der Waals surface area contributed by atoms with E-state index in [1.165, 1.54) is 12.1 Å². The van der Waals surface area contributed by atoms with Crippen LogP contribution in [-0.2, 0) is 12.6 Å². The minimum Gasteiger partial charge on any atom is -0.232 e. The van der Waals surface area contributed by atoms with Crippen LogP contribution in [0, 0.1) is 0 Å². The largest absolute Gasteiger partial charge is 0.416 e. The van der Waals surface area contributed by atoms with Crippen molar-refractivity contribution in [3.05, 3.63) is 45.1 Å². The molecule has 1 heterocycles. The molecule has 0 unspecified atom stereocenters. The Kier molecular flexibility index (Phi) is 4.34. The van der Waals surface area contributed by atoms with E-state index in [2.05, 4.69) is 25.9 Å². The first-order chi connectivity index (χ1) is 9.32. The van der Waals surface area contributed by atoms with E-state index in [1.807, 2.05) is 6.92 Å². The van der Waals surface area contributed by atoms with Crippen LogP contribution in [-0.4, -0.2) is 9.97 Å². The van der Waals surface area contributed by atoms with Crippen molar-refractivity contribution in [3.63, 3.8) is 0 Å². The minimum atomic E-state index is -4.40. The Bertz CT molecular complexity index is 644. The first-order valence-corrected chi connectivity index (χ1v) is 6.89. The molecule has 0 aliphatic heterocycles. The Morgan fingerprint density at radius 1 is 1.25 bits per heavy atom. The topological polar surface area (TPSA) is 25.8 Å². The molecule has 1 aromatic heterocycles. The number of halogens is 5. The van der Waals surface area contributed by atoms with E-state index in [0.717, 1.165) is 12.1 Å². The summed E-state index contributed by atoms with van der Waals surface area (Å²) in [6.45, 7) is 1.87. The molecule has 2 rings (SSSR count). The zero-order valence-electron chi connectivity index (χ0n) is 10.3. The van der Waals surface area contributed by atoms with Crippen molar-refractivity contribution in [1.82, 2.24) is 9.97 Å². The third-order valence-corrected chi connectivity index (χ3v) is 4.00. The summed E-state index contributed by atoms with van der Waals surface area (Å²) in [6, 6.07) is 4.86. The molecule has 0 spiro atoms. The first-order valence-electron chi connectivity index (χ1n) is 5.72. The van der Waals surface area contributed by atoms with Crippen LogP contribution < -0.4 is 0 Å². The van der Waals surface area contributed by atoms with Gasteiger partial charge in [0.05, 0.1) is 15.7 Å². The third-order valence-electron chi connectivity index (χ3n) is 2.66. The monoisotopic (exact) mass is 364 g/mol. The molecule has 0 aliphatic rings. The first kappa shape index (κ1) is 15.3.